The van der Waals surface area contributed by atoms with Crippen LogP contribution in [0.15, 0.2) is 24.3 Å². The number of benzene rings is 1. The van der Waals surface area contributed by atoms with Crippen LogP contribution in [0.25, 0.3) is 0 Å². The number of morpholine rings is 1. The summed E-state index contributed by atoms with van der Waals surface area (Å²) in [4.78, 5) is 12.1. The minimum atomic E-state index is -0.251. The van der Waals surface area contributed by atoms with E-state index in [-0.39, 0.29) is 24.4 Å². The lowest BCUT2D eigenvalue weighted by molar-refractivity contribution is -0.126. The molecule has 122 valence electrons. The van der Waals surface area contributed by atoms with Crippen LogP contribution in [0.3, 0.4) is 0 Å². The first-order valence-electron chi connectivity index (χ1n) is 7.66. The highest BCUT2D eigenvalue weighted by Gasteiger charge is 2.22. The highest BCUT2D eigenvalue weighted by molar-refractivity contribution is 5.85. The maximum absolute atomic E-state index is 12.1. The number of rotatable bonds is 5. The average molecular weight is 327 g/mol. The largest absolute Gasteiger partial charge is 0.490 e. The summed E-state index contributed by atoms with van der Waals surface area (Å²) in [5.41, 5.74) is 1.02. The van der Waals surface area contributed by atoms with Crippen molar-refractivity contribution in [2.45, 2.75) is 38.0 Å². The van der Waals surface area contributed by atoms with Gasteiger partial charge in [0, 0.05) is 18.7 Å². The molecule has 0 spiro atoms. The molecule has 3 rings (SSSR count). The normalized spacial score (nSPS) is 21.4. The van der Waals surface area contributed by atoms with Gasteiger partial charge in [0.2, 0.25) is 5.91 Å². The molecule has 1 atom stereocenters. The lowest BCUT2D eigenvalue weighted by Crippen LogP contribution is -2.51. The van der Waals surface area contributed by atoms with Gasteiger partial charge in [-0.2, -0.15) is 0 Å². The van der Waals surface area contributed by atoms with Gasteiger partial charge in [-0.05, 0) is 25.3 Å². The Balaban J connectivity index is 0.00000176. The van der Waals surface area contributed by atoms with Gasteiger partial charge in [0.25, 0.3) is 0 Å². The van der Waals surface area contributed by atoms with E-state index in [4.69, 9.17) is 9.47 Å². The summed E-state index contributed by atoms with van der Waals surface area (Å²) in [5.74, 6) is 0.864. The van der Waals surface area contributed by atoms with E-state index in [9.17, 15) is 4.79 Å². The second-order valence-corrected chi connectivity index (χ2v) is 5.58. The molecule has 1 saturated carbocycles. The third-order valence-corrected chi connectivity index (χ3v) is 4.01. The summed E-state index contributed by atoms with van der Waals surface area (Å²) in [6.07, 6.45) is 3.85. The highest BCUT2D eigenvalue weighted by atomic mass is 35.5. The number of hydrogen-bond acceptors (Lipinski definition) is 4. The lowest BCUT2D eigenvalue weighted by atomic mass is 9.96. The number of carbonyl (C=O) groups excluding carboxylic acids is 1. The number of amides is 1. The molecule has 0 bridgehead atoms. The van der Waals surface area contributed by atoms with Crippen LogP contribution in [0.5, 0.6) is 5.75 Å². The fraction of sp³-hybridized carbons (Fsp3) is 0.562. The number of halogens is 1. The molecule has 1 aromatic rings. The van der Waals surface area contributed by atoms with Gasteiger partial charge in [-0.1, -0.05) is 18.2 Å². The van der Waals surface area contributed by atoms with E-state index in [2.05, 4.69) is 10.6 Å². The molecule has 2 fully saturated rings. The van der Waals surface area contributed by atoms with Crippen molar-refractivity contribution < 1.29 is 14.3 Å². The number of ether oxygens (including phenoxy) is 2. The molecular formula is C16H23ClN2O3. The van der Waals surface area contributed by atoms with Gasteiger partial charge in [-0.3, -0.25) is 4.79 Å². The number of carbonyl (C=O) groups is 1. The van der Waals surface area contributed by atoms with Crippen LogP contribution in [0.2, 0.25) is 0 Å². The monoisotopic (exact) mass is 326 g/mol. The van der Waals surface area contributed by atoms with Crippen molar-refractivity contribution in [2.24, 2.45) is 0 Å². The Morgan fingerprint density at radius 1 is 1.36 bits per heavy atom. The fourth-order valence-corrected chi connectivity index (χ4v) is 2.47. The van der Waals surface area contributed by atoms with Crippen molar-refractivity contribution in [3.63, 3.8) is 0 Å². The summed E-state index contributed by atoms with van der Waals surface area (Å²) in [6.45, 7) is 2.31. The summed E-state index contributed by atoms with van der Waals surface area (Å²) in [5, 5.41) is 6.11. The molecule has 2 aliphatic rings. The van der Waals surface area contributed by atoms with Crippen molar-refractivity contribution in [1.29, 1.82) is 0 Å². The molecule has 1 heterocycles. The molecule has 1 amide bonds. The van der Waals surface area contributed by atoms with Gasteiger partial charge >= 0.3 is 0 Å². The minimum Gasteiger partial charge on any atom is -0.490 e. The second-order valence-electron chi connectivity index (χ2n) is 5.58. The Hall–Kier alpha value is -1.30. The lowest BCUT2D eigenvalue weighted by Gasteiger charge is -2.27. The van der Waals surface area contributed by atoms with E-state index in [1.807, 2.05) is 24.3 Å². The standard InChI is InChI=1S/C16H22N2O3.ClH/c19-16(14-11-20-9-8-17-14)18-10-12-4-1-2-7-15(12)21-13-5-3-6-13;/h1-2,4,7,13-14,17H,3,5-6,8-11H2,(H,18,19);1H. The van der Waals surface area contributed by atoms with E-state index in [0.29, 0.717) is 25.9 Å². The summed E-state index contributed by atoms with van der Waals surface area (Å²) >= 11 is 0. The van der Waals surface area contributed by atoms with Crippen molar-refractivity contribution in [3.05, 3.63) is 29.8 Å². The average Bonchev–Trinajstić information content (AvgIpc) is 2.50. The predicted octanol–water partition coefficient (Wildman–Crippen LogP) is 1.64. The molecule has 1 unspecified atom stereocenters. The van der Waals surface area contributed by atoms with Crippen LogP contribution in [0.4, 0.5) is 0 Å². The summed E-state index contributed by atoms with van der Waals surface area (Å²) in [7, 11) is 0. The van der Waals surface area contributed by atoms with E-state index in [0.717, 1.165) is 30.7 Å². The van der Waals surface area contributed by atoms with Crippen molar-refractivity contribution in [3.8, 4) is 5.75 Å². The van der Waals surface area contributed by atoms with Crippen LogP contribution in [-0.4, -0.2) is 37.8 Å². The zero-order valence-electron chi connectivity index (χ0n) is 12.5. The zero-order chi connectivity index (χ0) is 14.5. The molecule has 2 N–H and O–H groups in total. The summed E-state index contributed by atoms with van der Waals surface area (Å²) in [6, 6.07) is 7.66. The quantitative estimate of drug-likeness (QED) is 0.863. The molecule has 22 heavy (non-hydrogen) atoms. The van der Waals surface area contributed by atoms with Crippen LogP contribution in [0.1, 0.15) is 24.8 Å². The van der Waals surface area contributed by atoms with Gasteiger partial charge in [-0.15, -0.1) is 12.4 Å². The molecular weight excluding hydrogens is 304 g/mol. The molecule has 1 saturated heterocycles. The minimum absolute atomic E-state index is 0. The molecule has 0 aromatic heterocycles. The van der Waals surface area contributed by atoms with Gasteiger partial charge in [0.15, 0.2) is 0 Å². The third kappa shape index (κ3) is 4.35. The van der Waals surface area contributed by atoms with Crippen molar-refractivity contribution in [1.82, 2.24) is 10.6 Å². The first-order valence-corrected chi connectivity index (χ1v) is 7.66. The Labute approximate surface area is 137 Å². The summed E-state index contributed by atoms with van der Waals surface area (Å²) < 4.78 is 11.3. The Bertz CT molecular complexity index is 488. The van der Waals surface area contributed by atoms with Gasteiger partial charge in [0.05, 0.1) is 19.3 Å². The van der Waals surface area contributed by atoms with Gasteiger partial charge in [0.1, 0.15) is 11.8 Å². The van der Waals surface area contributed by atoms with Crippen molar-refractivity contribution >= 4 is 18.3 Å². The van der Waals surface area contributed by atoms with Crippen LogP contribution < -0.4 is 15.4 Å². The first kappa shape index (κ1) is 17.1. The van der Waals surface area contributed by atoms with Gasteiger partial charge < -0.3 is 20.1 Å². The van der Waals surface area contributed by atoms with E-state index < -0.39 is 0 Å². The molecule has 1 aromatic carbocycles. The molecule has 5 nitrogen and oxygen atoms in total. The SMILES string of the molecule is Cl.O=C(NCc1ccccc1OC1CCC1)C1COCCN1. The Morgan fingerprint density at radius 2 is 2.18 bits per heavy atom. The number of hydrogen-bond donors (Lipinski definition) is 2. The molecule has 1 aliphatic carbocycles. The predicted molar refractivity (Wildman–Crippen MR) is 86.4 cm³/mol. The van der Waals surface area contributed by atoms with Crippen molar-refractivity contribution in [2.75, 3.05) is 19.8 Å². The van der Waals surface area contributed by atoms with Gasteiger partial charge in [-0.25, -0.2) is 0 Å². The number of nitrogens with one attached hydrogen (secondary N) is 2. The molecule has 1 aliphatic heterocycles. The van der Waals surface area contributed by atoms with E-state index >= 15 is 0 Å². The molecule has 6 heteroatoms. The van der Waals surface area contributed by atoms with Crippen LogP contribution in [0, 0.1) is 0 Å². The van der Waals surface area contributed by atoms with Crippen LogP contribution in [-0.2, 0) is 16.1 Å². The second kappa shape index (κ2) is 8.36. The topological polar surface area (TPSA) is 59.6 Å². The van der Waals surface area contributed by atoms with E-state index in [1.165, 1.54) is 6.42 Å². The highest BCUT2D eigenvalue weighted by Crippen LogP contribution is 2.27. The Kier molecular flexibility index (Phi) is 6.49. The van der Waals surface area contributed by atoms with E-state index in [1.54, 1.807) is 0 Å². The molecule has 0 radical (unpaired) electrons. The smallest absolute Gasteiger partial charge is 0.239 e. The maximum Gasteiger partial charge on any atom is 0.239 e. The maximum atomic E-state index is 12.1. The van der Waals surface area contributed by atoms with Crippen LogP contribution >= 0.6 is 12.4 Å². The zero-order valence-corrected chi connectivity index (χ0v) is 13.4. The fourth-order valence-electron chi connectivity index (χ4n) is 2.47. The Morgan fingerprint density at radius 3 is 2.86 bits per heavy atom. The number of para-hydroxylation sites is 1. The first-order chi connectivity index (χ1) is 10.3. The third-order valence-electron chi connectivity index (χ3n) is 4.01.